The van der Waals surface area contributed by atoms with Crippen LogP contribution in [-0.2, 0) is 34.9 Å². The zero-order chi connectivity index (χ0) is 33.5. The van der Waals surface area contributed by atoms with E-state index in [1.165, 1.54) is 51.5 Å². The first-order valence-electron chi connectivity index (χ1n) is 14.5. The largest absolute Gasteiger partial charge is 0.504 e. The molecule has 2 aliphatic rings. The number of aromatic hydroxyl groups is 2. The number of rotatable bonds is 12. The molecule has 10 atom stereocenters. The van der Waals surface area contributed by atoms with E-state index in [9.17, 15) is 40.5 Å². The number of hydrogen-bond donors (Lipinski definition) is 7. The summed E-state index contributed by atoms with van der Waals surface area (Å²) in [5.41, 5.74) is 1.22. The van der Waals surface area contributed by atoms with E-state index in [0.29, 0.717) is 12.0 Å². The number of aliphatic hydroxyl groups is 5. The van der Waals surface area contributed by atoms with Gasteiger partial charge in [0.15, 0.2) is 41.7 Å². The van der Waals surface area contributed by atoms with Crippen LogP contribution in [0.4, 0.5) is 0 Å². The summed E-state index contributed by atoms with van der Waals surface area (Å²) in [6.45, 7) is 0.733. The molecule has 0 spiro atoms. The van der Waals surface area contributed by atoms with Crippen molar-refractivity contribution in [2.45, 2.75) is 74.8 Å². The molecule has 15 heteroatoms. The molecule has 2 fully saturated rings. The SMILES string of the molecule is COc1cc(/C=C/C(=O)O[C@H]2[C@H](O[C@@H]3O[C@@H](C)[C@H](O)[C@@H](O)[C@H]3O)[C@@H](O)[C@H](OCCc3ccc(O)c(OC)c3)O[C@@H]2CO)ccc1O. The van der Waals surface area contributed by atoms with Crippen LogP contribution in [-0.4, -0.2) is 131 Å². The lowest BCUT2D eigenvalue weighted by Gasteiger charge is -2.46. The first-order chi connectivity index (χ1) is 22.0. The van der Waals surface area contributed by atoms with E-state index in [4.69, 9.17) is 33.2 Å². The normalized spacial score (nSPS) is 31.5. The molecule has 2 heterocycles. The lowest BCUT2D eigenvalue weighted by molar-refractivity contribution is -0.357. The van der Waals surface area contributed by atoms with Gasteiger partial charge in [0.25, 0.3) is 0 Å². The van der Waals surface area contributed by atoms with E-state index in [1.54, 1.807) is 12.1 Å². The molecule has 0 unspecified atom stereocenters. The molecule has 0 aliphatic carbocycles. The summed E-state index contributed by atoms with van der Waals surface area (Å²) >= 11 is 0. The highest BCUT2D eigenvalue weighted by molar-refractivity contribution is 5.87. The molecule has 7 N–H and O–H groups in total. The maximum atomic E-state index is 12.9. The van der Waals surface area contributed by atoms with Crippen molar-refractivity contribution in [3.05, 3.63) is 53.6 Å². The van der Waals surface area contributed by atoms with Crippen LogP contribution in [0.15, 0.2) is 42.5 Å². The number of hydrogen-bond acceptors (Lipinski definition) is 15. The van der Waals surface area contributed by atoms with Gasteiger partial charge in [-0.1, -0.05) is 12.1 Å². The third-order valence-corrected chi connectivity index (χ3v) is 7.68. The van der Waals surface area contributed by atoms with Gasteiger partial charge in [-0.05, 0) is 54.8 Å². The first-order valence-corrected chi connectivity index (χ1v) is 14.5. The molecule has 46 heavy (non-hydrogen) atoms. The molecule has 0 amide bonds. The second-order valence-corrected chi connectivity index (χ2v) is 10.8. The lowest BCUT2D eigenvalue weighted by atomic mass is 9.97. The van der Waals surface area contributed by atoms with Gasteiger partial charge in [0.1, 0.15) is 36.6 Å². The van der Waals surface area contributed by atoms with Crippen molar-refractivity contribution in [3.8, 4) is 23.0 Å². The maximum Gasteiger partial charge on any atom is 0.331 e. The Balaban J connectivity index is 1.52. The lowest BCUT2D eigenvalue weighted by Crippen LogP contribution is -2.65. The fraction of sp³-hybridized carbons (Fsp3) is 0.516. The molecule has 0 saturated carbocycles. The summed E-state index contributed by atoms with van der Waals surface area (Å²) in [6.07, 6.45) is -12.0. The van der Waals surface area contributed by atoms with Gasteiger partial charge in [-0.15, -0.1) is 0 Å². The van der Waals surface area contributed by atoms with Crippen molar-refractivity contribution in [1.82, 2.24) is 0 Å². The molecule has 4 rings (SSSR count). The number of benzene rings is 2. The second kappa shape index (κ2) is 15.9. The Morgan fingerprint density at radius 2 is 1.52 bits per heavy atom. The quantitative estimate of drug-likeness (QED) is 0.114. The highest BCUT2D eigenvalue weighted by atomic mass is 16.7. The summed E-state index contributed by atoms with van der Waals surface area (Å²) in [4.78, 5) is 12.9. The Bertz CT molecular complexity index is 1340. The van der Waals surface area contributed by atoms with Crippen LogP contribution in [0.3, 0.4) is 0 Å². The third kappa shape index (κ3) is 8.25. The van der Waals surface area contributed by atoms with Crippen LogP contribution in [0.25, 0.3) is 6.08 Å². The summed E-state index contributed by atoms with van der Waals surface area (Å²) in [7, 11) is 2.78. The zero-order valence-electron chi connectivity index (χ0n) is 25.4. The number of methoxy groups -OCH3 is 2. The molecule has 2 aromatic rings. The Hall–Kier alpha value is -3.51. The Morgan fingerprint density at radius 1 is 0.848 bits per heavy atom. The van der Waals surface area contributed by atoms with Crippen LogP contribution < -0.4 is 9.47 Å². The van der Waals surface area contributed by atoms with Crippen molar-refractivity contribution in [2.24, 2.45) is 0 Å². The fourth-order valence-electron chi connectivity index (χ4n) is 5.06. The molecule has 15 nitrogen and oxygen atoms in total. The van der Waals surface area contributed by atoms with E-state index in [0.717, 1.165) is 11.6 Å². The second-order valence-electron chi connectivity index (χ2n) is 10.8. The van der Waals surface area contributed by atoms with Crippen molar-refractivity contribution in [3.63, 3.8) is 0 Å². The van der Waals surface area contributed by atoms with Crippen LogP contribution in [0.5, 0.6) is 23.0 Å². The highest BCUT2D eigenvalue weighted by Crippen LogP contribution is 2.32. The predicted molar refractivity (Wildman–Crippen MR) is 157 cm³/mol. The molecule has 0 bridgehead atoms. The average molecular weight is 653 g/mol. The van der Waals surface area contributed by atoms with E-state index in [2.05, 4.69) is 0 Å². The molecule has 2 aliphatic heterocycles. The molecular weight excluding hydrogens is 612 g/mol. The highest BCUT2D eigenvalue weighted by Gasteiger charge is 2.52. The smallest absolute Gasteiger partial charge is 0.331 e. The average Bonchev–Trinajstić information content (AvgIpc) is 3.05. The summed E-state index contributed by atoms with van der Waals surface area (Å²) < 4.78 is 38.7. The fourth-order valence-corrected chi connectivity index (χ4v) is 5.06. The summed E-state index contributed by atoms with van der Waals surface area (Å²) in [5.74, 6) is -0.622. The number of phenolic OH excluding ortho intramolecular Hbond substituents is 2. The molecule has 254 valence electrons. The first kappa shape index (κ1) is 35.3. The number of carbonyl (C=O) groups is 1. The molecule has 2 aromatic carbocycles. The topological polar surface area (TPSA) is 223 Å². The van der Waals surface area contributed by atoms with Gasteiger partial charge in [0.2, 0.25) is 0 Å². The molecule has 2 saturated heterocycles. The number of carbonyl (C=O) groups excluding carboxylic acids is 1. The van der Waals surface area contributed by atoms with E-state index < -0.39 is 74.0 Å². The number of esters is 1. The van der Waals surface area contributed by atoms with Gasteiger partial charge < -0.3 is 68.9 Å². The van der Waals surface area contributed by atoms with Gasteiger partial charge in [0.05, 0.1) is 33.5 Å². The minimum absolute atomic E-state index is 0.00565. The number of phenols is 2. The summed E-state index contributed by atoms with van der Waals surface area (Å²) in [6, 6.07) is 9.10. The van der Waals surface area contributed by atoms with E-state index >= 15 is 0 Å². The Kier molecular flexibility index (Phi) is 12.2. The van der Waals surface area contributed by atoms with Crippen molar-refractivity contribution in [2.75, 3.05) is 27.4 Å². The van der Waals surface area contributed by atoms with Crippen LogP contribution >= 0.6 is 0 Å². The van der Waals surface area contributed by atoms with Crippen LogP contribution in [0.2, 0.25) is 0 Å². The predicted octanol–water partition coefficient (Wildman–Crippen LogP) is -0.410. The van der Waals surface area contributed by atoms with Gasteiger partial charge in [-0.2, -0.15) is 0 Å². The van der Waals surface area contributed by atoms with Crippen molar-refractivity contribution >= 4 is 12.0 Å². The van der Waals surface area contributed by atoms with Gasteiger partial charge in [0, 0.05) is 6.08 Å². The Labute approximate surface area is 264 Å². The molecule has 0 radical (unpaired) electrons. The van der Waals surface area contributed by atoms with E-state index in [1.807, 2.05) is 0 Å². The molecule has 0 aromatic heterocycles. The van der Waals surface area contributed by atoms with Crippen LogP contribution in [0.1, 0.15) is 18.1 Å². The molecular formula is C31H40O15. The maximum absolute atomic E-state index is 12.9. The minimum Gasteiger partial charge on any atom is -0.504 e. The minimum atomic E-state index is -1.75. The third-order valence-electron chi connectivity index (χ3n) is 7.68. The van der Waals surface area contributed by atoms with Gasteiger partial charge in [-0.25, -0.2) is 4.79 Å². The Morgan fingerprint density at radius 3 is 2.20 bits per heavy atom. The van der Waals surface area contributed by atoms with Crippen LogP contribution in [0, 0.1) is 0 Å². The van der Waals surface area contributed by atoms with Gasteiger partial charge >= 0.3 is 5.97 Å². The van der Waals surface area contributed by atoms with Gasteiger partial charge in [-0.3, -0.25) is 0 Å². The number of ether oxygens (including phenoxy) is 7. The van der Waals surface area contributed by atoms with E-state index in [-0.39, 0.29) is 29.6 Å². The zero-order valence-corrected chi connectivity index (χ0v) is 25.4. The monoisotopic (exact) mass is 652 g/mol. The van der Waals surface area contributed by atoms with Crippen molar-refractivity contribution < 1.29 is 73.7 Å². The standard InChI is InChI=1S/C31H40O15/c1-15-24(36)25(37)26(38)31(43-15)46-29-27(39)30(42-11-10-17-5-8-19(34)21(13-17)41-3)44-22(14-32)28(29)45-23(35)9-6-16-4-7-18(33)20(12-16)40-2/h4-9,12-13,15,22,24-34,36-39H,10-11,14H2,1-3H3/b9-6+/t15-,22+,24-,25+,26+,27+,28+,29+,30+,31-/m0/s1. The summed E-state index contributed by atoms with van der Waals surface area (Å²) in [5, 5.41) is 72.1. The number of aliphatic hydroxyl groups excluding tert-OH is 5. The van der Waals surface area contributed by atoms with Crippen molar-refractivity contribution in [1.29, 1.82) is 0 Å².